The molecule has 4 rings (SSSR count). The lowest BCUT2D eigenvalue weighted by Gasteiger charge is -2.27. The van der Waals surface area contributed by atoms with Gasteiger partial charge in [-0.05, 0) is 54.6 Å². The third-order valence-electron chi connectivity index (χ3n) is 7.35. The minimum Gasteiger partial charge on any atom is -0.508 e. The molecule has 1 aliphatic rings. The molecule has 1 fully saturated rings. The number of phenolic OH excluding ortho intramolecular Hbond substituents is 1. The zero-order valence-electron chi connectivity index (χ0n) is 23.1. The molecule has 1 saturated heterocycles. The molecule has 0 bridgehead atoms. The Labute approximate surface area is 238 Å². The van der Waals surface area contributed by atoms with Crippen LogP contribution in [0, 0.1) is 5.92 Å². The van der Waals surface area contributed by atoms with Crippen LogP contribution >= 0.6 is 0 Å². The Bertz CT molecular complexity index is 1380. The molecule has 0 radical (unpaired) electrons. The molecule has 0 spiro atoms. The van der Waals surface area contributed by atoms with Gasteiger partial charge < -0.3 is 36.5 Å². The number of carboxylic acids is 1. The molecule has 218 valence electrons. The highest BCUT2D eigenvalue weighted by Crippen LogP contribution is 2.19. The number of aromatic hydroxyl groups is 1. The van der Waals surface area contributed by atoms with Crippen LogP contribution in [0.25, 0.3) is 10.9 Å². The number of benzene rings is 2. The molecule has 0 aliphatic carbocycles. The summed E-state index contributed by atoms with van der Waals surface area (Å²) in [6, 6.07) is 9.98. The summed E-state index contributed by atoms with van der Waals surface area (Å²) in [5.41, 5.74) is 2.23. The topological polar surface area (TPSA) is 173 Å². The van der Waals surface area contributed by atoms with Crippen molar-refractivity contribution in [2.75, 3.05) is 6.54 Å². The molecule has 4 unspecified atom stereocenters. The third-order valence-corrected chi connectivity index (χ3v) is 7.35. The number of hydrogen-bond acceptors (Lipinski definition) is 6. The summed E-state index contributed by atoms with van der Waals surface area (Å²) in [7, 11) is 0. The van der Waals surface area contributed by atoms with Crippen molar-refractivity contribution in [2.24, 2.45) is 5.92 Å². The Morgan fingerprint density at radius 2 is 1.63 bits per heavy atom. The van der Waals surface area contributed by atoms with Gasteiger partial charge in [0.15, 0.2) is 0 Å². The predicted molar refractivity (Wildman–Crippen MR) is 153 cm³/mol. The summed E-state index contributed by atoms with van der Waals surface area (Å²) in [5.74, 6) is -2.94. The largest absolute Gasteiger partial charge is 0.508 e. The van der Waals surface area contributed by atoms with Crippen LogP contribution in [-0.2, 0) is 32.0 Å². The van der Waals surface area contributed by atoms with Gasteiger partial charge in [0.2, 0.25) is 17.7 Å². The quantitative estimate of drug-likeness (QED) is 0.175. The van der Waals surface area contributed by atoms with Crippen LogP contribution in [0.2, 0.25) is 0 Å². The summed E-state index contributed by atoms with van der Waals surface area (Å²) in [6.45, 7) is 4.32. The van der Waals surface area contributed by atoms with Crippen molar-refractivity contribution >= 4 is 34.6 Å². The lowest BCUT2D eigenvalue weighted by Crippen LogP contribution is -2.59. The van der Waals surface area contributed by atoms with E-state index in [1.54, 1.807) is 32.2 Å². The van der Waals surface area contributed by atoms with E-state index in [9.17, 15) is 29.4 Å². The zero-order valence-corrected chi connectivity index (χ0v) is 23.1. The number of amides is 3. The monoisotopic (exact) mass is 563 g/mol. The average molecular weight is 564 g/mol. The van der Waals surface area contributed by atoms with E-state index in [0.29, 0.717) is 12.0 Å². The van der Waals surface area contributed by atoms with E-state index in [-0.39, 0.29) is 36.5 Å². The molecule has 4 atom stereocenters. The highest BCUT2D eigenvalue weighted by Gasteiger charge is 2.33. The van der Waals surface area contributed by atoms with E-state index >= 15 is 0 Å². The van der Waals surface area contributed by atoms with Gasteiger partial charge in [-0.2, -0.15) is 0 Å². The van der Waals surface area contributed by atoms with Gasteiger partial charge in [0.05, 0.1) is 6.04 Å². The zero-order chi connectivity index (χ0) is 29.5. The Balaban J connectivity index is 1.52. The van der Waals surface area contributed by atoms with Crippen LogP contribution in [0.15, 0.2) is 54.7 Å². The van der Waals surface area contributed by atoms with E-state index in [4.69, 9.17) is 0 Å². The molecule has 1 aromatic heterocycles. The number of H-pyrrole nitrogens is 1. The normalized spacial score (nSPS) is 17.1. The molecule has 0 saturated carbocycles. The molecule has 11 heteroatoms. The standard InChI is InChI=1S/C30H37N5O6/c1-17(2)26(35-27(37)23-8-5-13-31-23)29(39)33-24(14-18-9-11-20(36)12-10-18)28(38)34-25(30(40)41)15-19-16-32-22-7-4-3-6-21(19)22/h3-4,6-7,9-12,16-17,23-26,31-32,36H,5,8,13-15H2,1-2H3,(H,33,39)(H,34,38)(H,35,37)(H,40,41). The van der Waals surface area contributed by atoms with Crippen LogP contribution in [-0.4, -0.2) is 69.6 Å². The Kier molecular flexibility index (Phi) is 9.61. The van der Waals surface area contributed by atoms with Gasteiger partial charge in [-0.1, -0.05) is 44.2 Å². The third kappa shape index (κ3) is 7.63. The number of para-hydroxylation sites is 1. The van der Waals surface area contributed by atoms with Crippen LogP contribution in [0.4, 0.5) is 0 Å². The number of nitrogens with one attached hydrogen (secondary N) is 5. The fourth-order valence-electron chi connectivity index (χ4n) is 5.03. The van der Waals surface area contributed by atoms with Crippen LogP contribution in [0.3, 0.4) is 0 Å². The first-order valence-electron chi connectivity index (χ1n) is 13.8. The molecule has 2 heterocycles. The van der Waals surface area contributed by atoms with Crippen molar-refractivity contribution in [3.05, 3.63) is 65.9 Å². The molecule has 3 amide bonds. The van der Waals surface area contributed by atoms with E-state index in [1.807, 2.05) is 24.3 Å². The number of phenols is 1. The molecule has 3 aromatic rings. The number of aromatic amines is 1. The van der Waals surface area contributed by atoms with Crippen molar-refractivity contribution in [2.45, 2.75) is 63.7 Å². The predicted octanol–water partition coefficient (Wildman–Crippen LogP) is 1.61. The first kappa shape index (κ1) is 29.6. The summed E-state index contributed by atoms with van der Waals surface area (Å²) < 4.78 is 0. The van der Waals surface area contributed by atoms with Gasteiger partial charge in [0, 0.05) is 29.9 Å². The maximum Gasteiger partial charge on any atom is 0.326 e. The lowest BCUT2D eigenvalue weighted by atomic mass is 9.99. The lowest BCUT2D eigenvalue weighted by molar-refractivity contribution is -0.142. The maximum absolute atomic E-state index is 13.5. The van der Waals surface area contributed by atoms with E-state index in [0.717, 1.165) is 29.4 Å². The molecule has 2 aromatic carbocycles. The van der Waals surface area contributed by atoms with Crippen LogP contribution in [0.5, 0.6) is 5.75 Å². The number of rotatable bonds is 12. The maximum atomic E-state index is 13.5. The summed E-state index contributed by atoms with van der Waals surface area (Å²) >= 11 is 0. The number of fused-ring (bicyclic) bond motifs is 1. The van der Waals surface area contributed by atoms with Crippen LogP contribution in [0.1, 0.15) is 37.8 Å². The van der Waals surface area contributed by atoms with Crippen molar-refractivity contribution in [3.8, 4) is 5.75 Å². The molecule has 7 N–H and O–H groups in total. The number of carbonyl (C=O) groups excluding carboxylic acids is 3. The molecule has 41 heavy (non-hydrogen) atoms. The van der Waals surface area contributed by atoms with Crippen LogP contribution < -0.4 is 21.3 Å². The highest BCUT2D eigenvalue weighted by molar-refractivity contribution is 5.94. The van der Waals surface area contributed by atoms with Crippen molar-refractivity contribution in [1.29, 1.82) is 0 Å². The van der Waals surface area contributed by atoms with E-state index < -0.39 is 35.9 Å². The molecule has 1 aliphatic heterocycles. The minimum atomic E-state index is -1.25. The number of aliphatic carboxylic acids is 1. The number of aromatic nitrogens is 1. The molecular formula is C30H37N5O6. The van der Waals surface area contributed by atoms with Gasteiger partial charge >= 0.3 is 5.97 Å². The smallest absolute Gasteiger partial charge is 0.326 e. The summed E-state index contributed by atoms with van der Waals surface area (Å²) in [5, 5.41) is 31.7. The fourth-order valence-corrected chi connectivity index (χ4v) is 5.03. The van der Waals surface area contributed by atoms with Gasteiger partial charge in [-0.15, -0.1) is 0 Å². The first-order chi connectivity index (χ1) is 19.6. The average Bonchev–Trinajstić information content (AvgIpc) is 3.62. The van der Waals surface area contributed by atoms with Crippen molar-refractivity contribution < 1.29 is 29.4 Å². The second-order valence-corrected chi connectivity index (χ2v) is 10.8. The van der Waals surface area contributed by atoms with E-state index in [2.05, 4.69) is 26.3 Å². The Hall–Kier alpha value is -4.38. The highest BCUT2D eigenvalue weighted by atomic mass is 16.4. The summed E-state index contributed by atoms with van der Waals surface area (Å²) in [4.78, 5) is 55.0. The Morgan fingerprint density at radius 3 is 2.29 bits per heavy atom. The Morgan fingerprint density at radius 1 is 0.927 bits per heavy atom. The van der Waals surface area contributed by atoms with Gasteiger partial charge in [0.1, 0.15) is 23.9 Å². The number of carboxylic acid groups (broad SMARTS) is 1. The van der Waals surface area contributed by atoms with Gasteiger partial charge in [0.25, 0.3) is 0 Å². The SMILES string of the molecule is CC(C)C(NC(=O)C1CCCN1)C(=O)NC(Cc1ccc(O)cc1)C(=O)NC(Cc1c[nH]c2ccccc12)C(=O)O. The van der Waals surface area contributed by atoms with E-state index in [1.165, 1.54) is 12.1 Å². The van der Waals surface area contributed by atoms with Crippen molar-refractivity contribution in [3.63, 3.8) is 0 Å². The van der Waals surface area contributed by atoms with Gasteiger partial charge in [-0.25, -0.2) is 4.79 Å². The second kappa shape index (κ2) is 13.3. The molecular weight excluding hydrogens is 526 g/mol. The van der Waals surface area contributed by atoms with Gasteiger partial charge in [-0.3, -0.25) is 14.4 Å². The first-order valence-corrected chi connectivity index (χ1v) is 13.8. The summed E-state index contributed by atoms with van der Waals surface area (Å²) in [6.07, 6.45) is 3.34. The number of hydrogen-bond donors (Lipinski definition) is 7. The number of carbonyl (C=O) groups is 4. The molecule has 11 nitrogen and oxygen atoms in total. The fraction of sp³-hybridized carbons (Fsp3) is 0.400. The second-order valence-electron chi connectivity index (χ2n) is 10.8. The minimum absolute atomic E-state index is 0.0318. The van der Waals surface area contributed by atoms with Crippen molar-refractivity contribution in [1.82, 2.24) is 26.3 Å².